The summed E-state index contributed by atoms with van der Waals surface area (Å²) in [7, 11) is 0. The molecule has 2 aromatic rings. The number of carbonyl (C=O) groups is 2. The second-order valence-electron chi connectivity index (χ2n) is 7.85. The van der Waals surface area contributed by atoms with Gasteiger partial charge in [-0.1, -0.05) is 59.6 Å². The number of amides is 2. The first-order valence-corrected chi connectivity index (χ1v) is 11.0. The van der Waals surface area contributed by atoms with Crippen molar-refractivity contribution in [1.82, 2.24) is 0 Å². The van der Waals surface area contributed by atoms with Gasteiger partial charge in [0.2, 0.25) is 5.91 Å². The van der Waals surface area contributed by atoms with Crippen molar-refractivity contribution in [3.63, 3.8) is 0 Å². The highest BCUT2D eigenvalue weighted by Crippen LogP contribution is 2.29. The number of nitrogens with one attached hydrogen (secondary N) is 2. The lowest BCUT2D eigenvalue weighted by Crippen LogP contribution is -3.30. The van der Waals surface area contributed by atoms with Crippen LogP contribution in [0.5, 0.6) is 0 Å². The minimum Gasteiger partial charge on any atom is -0.322 e. The summed E-state index contributed by atoms with van der Waals surface area (Å²) < 4.78 is 0. The predicted molar refractivity (Wildman–Crippen MR) is 119 cm³/mol. The average Bonchev–Trinajstić information content (AvgIpc) is 3.05. The third-order valence-electron chi connectivity index (χ3n) is 5.92. The number of carbonyl (C=O) groups excluding carboxylic acids is 2. The summed E-state index contributed by atoms with van der Waals surface area (Å²) in [6.07, 6.45) is 4.62. The van der Waals surface area contributed by atoms with Crippen molar-refractivity contribution in [3.8, 4) is 0 Å². The quantitative estimate of drug-likeness (QED) is 0.677. The van der Waals surface area contributed by atoms with E-state index in [-0.39, 0.29) is 24.3 Å². The van der Waals surface area contributed by atoms with E-state index in [1.807, 2.05) is 18.2 Å². The van der Waals surface area contributed by atoms with Gasteiger partial charge in [-0.15, -0.1) is 0 Å². The molecule has 0 aliphatic carbocycles. The highest BCUT2D eigenvalue weighted by Gasteiger charge is 2.46. The number of hydrogen-bond donors (Lipinski definition) is 2. The van der Waals surface area contributed by atoms with Gasteiger partial charge in [-0.2, -0.15) is 0 Å². The van der Waals surface area contributed by atoms with Crippen LogP contribution in [0.25, 0.3) is 6.08 Å². The molecular weight excluding hydrogens is 421 g/mol. The molecule has 2 aliphatic rings. The van der Waals surface area contributed by atoms with Crippen molar-refractivity contribution >= 4 is 46.8 Å². The number of nitrogens with zero attached hydrogens (tertiary/aromatic N) is 1. The molecule has 0 spiro atoms. The van der Waals surface area contributed by atoms with Gasteiger partial charge in [0.25, 0.3) is 5.91 Å². The van der Waals surface area contributed by atoms with Crippen molar-refractivity contribution < 1.29 is 19.4 Å². The van der Waals surface area contributed by atoms with Crippen LogP contribution in [0.4, 0.5) is 5.69 Å². The number of benzene rings is 2. The first-order chi connectivity index (χ1) is 14.5. The topological polar surface area (TPSA) is 46.3 Å². The summed E-state index contributed by atoms with van der Waals surface area (Å²) in [6, 6.07) is 14.8. The zero-order valence-electron chi connectivity index (χ0n) is 16.6. The largest absolute Gasteiger partial charge is 0.322 e. The first kappa shape index (κ1) is 21.1. The molecule has 7 heteroatoms. The summed E-state index contributed by atoms with van der Waals surface area (Å²) in [4.78, 5) is 29.6. The van der Waals surface area contributed by atoms with Crippen LogP contribution in [-0.2, 0) is 9.59 Å². The Bertz CT molecular complexity index is 956. The Morgan fingerprint density at radius 1 is 0.967 bits per heavy atom. The van der Waals surface area contributed by atoms with E-state index in [0.717, 1.165) is 32.7 Å². The summed E-state index contributed by atoms with van der Waals surface area (Å²) in [5.74, 6) is -0.308. The molecule has 0 unspecified atom stereocenters. The molecule has 5 nitrogen and oxygen atoms in total. The van der Waals surface area contributed by atoms with E-state index >= 15 is 0 Å². The van der Waals surface area contributed by atoms with Gasteiger partial charge in [-0.25, -0.2) is 4.90 Å². The van der Waals surface area contributed by atoms with Crippen molar-refractivity contribution in [2.75, 3.05) is 37.6 Å². The zero-order chi connectivity index (χ0) is 21.1. The highest BCUT2D eigenvalue weighted by atomic mass is 35.5. The lowest BCUT2D eigenvalue weighted by atomic mass is 10.1. The van der Waals surface area contributed by atoms with E-state index in [9.17, 15) is 9.59 Å². The summed E-state index contributed by atoms with van der Waals surface area (Å²) in [5, 5.41) is 0.744. The molecule has 0 radical (unpaired) electrons. The molecule has 156 valence electrons. The van der Waals surface area contributed by atoms with Crippen LogP contribution in [-0.4, -0.2) is 50.6 Å². The maximum absolute atomic E-state index is 13.0. The van der Waals surface area contributed by atoms with E-state index < -0.39 is 0 Å². The predicted octanol–water partition coefficient (Wildman–Crippen LogP) is 1.12. The molecule has 1 atom stereocenters. The number of quaternary nitrogens is 2. The van der Waals surface area contributed by atoms with Crippen LogP contribution >= 0.6 is 23.2 Å². The molecule has 0 bridgehead atoms. The van der Waals surface area contributed by atoms with E-state index in [1.54, 1.807) is 18.2 Å². The Labute approximate surface area is 186 Å². The third-order valence-corrected chi connectivity index (χ3v) is 6.66. The number of anilines is 1. The minimum atomic E-state index is -0.312. The molecule has 2 N–H and O–H groups in total. The number of rotatable bonds is 5. The SMILES string of the molecule is O=C1C[C@H]([NH+]2CC[NH+](C/C=C/c3ccccc3)CC2)C(=O)N1c1ccc(Cl)c(Cl)c1. The third kappa shape index (κ3) is 4.60. The van der Waals surface area contributed by atoms with Gasteiger partial charge in [0.05, 0.1) is 28.7 Å². The molecule has 0 aromatic heterocycles. The normalized spacial score (nSPS) is 24.7. The lowest BCUT2D eigenvalue weighted by molar-refractivity contribution is -1.02. The number of piperazine rings is 1. The fraction of sp³-hybridized carbons (Fsp3) is 0.304. The van der Waals surface area contributed by atoms with Gasteiger partial charge in [0.1, 0.15) is 26.2 Å². The molecule has 2 amide bonds. The molecule has 4 rings (SSSR count). The van der Waals surface area contributed by atoms with E-state index in [4.69, 9.17) is 23.2 Å². The Morgan fingerprint density at radius 3 is 2.40 bits per heavy atom. The minimum absolute atomic E-state index is 0.138. The molecule has 2 aromatic carbocycles. The van der Waals surface area contributed by atoms with Crippen LogP contribution in [0, 0.1) is 0 Å². The summed E-state index contributed by atoms with van der Waals surface area (Å²) in [6.45, 7) is 4.70. The molecule has 2 fully saturated rings. The second kappa shape index (κ2) is 9.31. The van der Waals surface area contributed by atoms with Crippen LogP contribution < -0.4 is 14.7 Å². The zero-order valence-corrected chi connectivity index (χ0v) is 18.1. The van der Waals surface area contributed by atoms with Crippen molar-refractivity contribution in [2.45, 2.75) is 12.5 Å². The van der Waals surface area contributed by atoms with E-state index in [2.05, 4.69) is 24.3 Å². The number of imide groups is 1. The molecule has 0 saturated carbocycles. The average molecular weight is 446 g/mol. The molecule has 2 heterocycles. The fourth-order valence-electron chi connectivity index (χ4n) is 4.25. The Kier molecular flexibility index (Phi) is 6.54. The Hall–Kier alpha value is -2.18. The van der Waals surface area contributed by atoms with Gasteiger partial charge in [-0.05, 0) is 29.8 Å². The lowest BCUT2D eigenvalue weighted by Gasteiger charge is -2.31. The van der Waals surface area contributed by atoms with Crippen molar-refractivity contribution in [3.05, 3.63) is 70.2 Å². The Balaban J connectivity index is 1.33. The van der Waals surface area contributed by atoms with Crippen molar-refractivity contribution in [1.29, 1.82) is 0 Å². The van der Waals surface area contributed by atoms with Gasteiger partial charge >= 0.3 is 0 Å². The van der Waals surface area contributed by atoms with Crippen molar-refractivity contribution in [2.24, 2.45) is 0 Å². The van der Waals surface area contributed by atoms with E-state index in [1.165, 1.54) is 20.3 Å². The molecule has 2 saturated heterocycles. The molecular formula is C23H25Cl2N3O2+2. The molecule has 30 heavy (non-hydrogen) atoms. The van der Waals surface area contributed by atoms with Gasteiger partial charge < -0.3 is 9.80 Å². The van der Waals surface area contributed by atoms with Crippen LogP contribution in [0.2, 0.25) is 10.0 Å². The van der Waals surface area contributed by atoms with Crippen LogP contribution in [0.15, 0.2) is 54.6 Å². The second-order valence-corrected chi connectivity index (χ2v) is 8.66. The fourth-order valence-corrected chi connectivity index (χ4v) is 4.54. The first-order valence-electron chi connectivity index (χ1n) is 10.2. The monoisotopic (exact) mass is 445 g/mol. The standard InChI is InChI=1S/C23H23Cl2N3O2/c24-19-9-8-18(15-20(19)25)28-22(29)16-21(23(28)30)27-13-11-26(12-14-27)10-4-7-17-5-2-1-3-6-17/h1-9,15,21H,10-14,16H2/p+2/b7-4+/t21-/m0/s1. The molecule has 2 aliphatic heterocycles. The Morgan fingerprint density at radius 2 is 1.70 bits per heavy atom. The van der Waals surface area contributed by atoms with Gasteiger partial charge in [0, 0.05) is 0 Å². The smallest absolute Gasteiger partial charge is 0.292 e. The van der Waals surface area contributed by atoms with E-state index in [0.29, 0.717) is 15.7 Å². The van der Waals surface area contributed by atoms with Gasteiger partial charge in [-0.3, -0.25) is 9.59 Å². The number of halogens is 2. The summed E-state index contributed by atoms with van der Waals surface area (Å²) >= 11 is 12.0. The number of hydrogen-bond acceptors (Lipinski definition) is 2. The maximum Gasteiger partial charge on any atom is 0.292 e. The van der Waals surface area contributed by atoms with Gasteiger partial charge in [0.15, 0.2) is 6.04 Å². The highest BCUT2D eigenvalue weighted by molar-refractivity contribution is 6.42. The maximum atomic E-state index is 13.0. The summed E-state index contributed by atoms with van der Waals surface area (Å²) in [5.41, 5.74) is 1.70. The van der Waals surface area contributed by atoms with Crippen LogP contribution in [0.1, 0.15) is 12.0 Å². The van der Waals surface area contributed by atoms with Crippen LogP contribution in [0.3, 0.4) is 0 Å².